The summed E-state index contributed by atoms with van der Waals surface area (Å²) in [5.74, 6) is 0.479. The fraction of sp³-hybridized carbons (Fsp3) is 0.400. The van der Waals surface area contributed by atoms with E-state index in [2.05, 4.69) is 16.8 Å². The molecule has 120 valence electrons. The van der Waals surface area contributed by atoms with Crippen molar-refractivity contribution in [1.82, 2.24) is 14.5 Å². The van der Waals surface area contributed by atoms with E-state index in [1.165, 1.54) is 0 Å². The molecule has 0 aliphatic carbocycles. The third-order valence-corrected chi connectivity index (χ3v) is 3.86. The summed E-state index contributed by atoms with van der Waals surface area (Å²) in [6.07, 6.45) is 6.58. The fourth-order valence-corrected chi connectivity index (χ4v) is 3.04. The van der Waals surface area contributed by atoms with Gasteiger partial charge in [-0.3, -0.25) is 4.90 Å². The smallest absolute Gasteiger partial charge is 0.156 e. The zero-order chi connectivity index (χ0) is 15.9. The summed E-state index contributed by atoms with van der Waals surface area (Å²) in [4.78, 5) is 6.33. The Balaban J connectivity index is 1.90. The normalized spacial score (nSPS) is 11.1. The van der Waals surface area contributed by atoms with E-state index in [0.29, 0.717) is 27.4 Å². The van der Waals surface area contributed by atoms with Crippen LogP contribution in [-0.2, 0) is 6.67 Å². The van der Waals surface area contributed by atoms with Crippen molar-refractivity contribution in [3.63, 3.8) is 0 Å². The maximum Gasteiger partial charge on any atom is 0.156 e. The van der Waals surface area contributed by atoms with Gasteiger partial charge in [0.05, 0.1) is 23.0 Å². The molecule has 0 aliphatic heterocycles. The summed E-state index contributed by atoms with van der Waals surface area (Å²) < 4.78 is 7.76. The van der Waals surface area contributed by atoms with Crippen molar-refractivity contribution in [3.8, 4) is 5.75 Å². The third-order valence-electron chi connectivity index (χ3n) is 3.08. The van der Waals surface area contributed by atoms with Crippen LogP contribution in [0.15, 0.2) is 30.9 Å². The maximum absolute atomic E-state index is 6.11. The van der Waals surface area contributed by atoms with E-state index in [-0.39, 0.29) is 0 Å². The monoisotopic (exact) mass is 361 g/mol. The van der Waals surface area contributed by atoms with Crippen molar-refractivity contribution in [2.45, 2.75) is 20.0 Å². The minimum atomic E-state index is 0.425. The Morgan fingerprint density at radius 2 is 1.91 bits per heavy atom. The van der Waals surface area contributed by atoms with E-state index in [4.69, 9.17) is 39.5 Å². The van der Waals surface area contributed by atoms with E-state index in [1.54, 1.807) is 24.7 Å². The highest BCUT2D eigenvalue weighted by Gasteiger charge is 2.10. The van der Waals surface area contributed by atoms with Crippen LogP contribution in [0.4, 0.5) is 0 Å². The molecule has 1 heterocycles. The number of rotatable bonds is 8. The van der Waals surface area contributed by atoms with Gasteiger partial charge in [0.1, 0.15) is 6.61 Å². The fourth-order valence-electron chi connectivity index (χ4n) is 2.11. The summed E-state index contributed by atoms with van der Waals surface area (Å²) in [7, 11) is 0. The molecule has 0 fully saturated rings. The summed E-state index contributed by atoms with van der Waals surface area (Å²) in [5, 5.41) is 1.35. The van der Waals surface area contributed by atoms with Crippen LogP contribution >= 0.6 is 34.8 Å². The molecule has 22 heavy (non-hydrogen) atoms. The van der Waals surface area contributed by atoms with Gasteiger partial charge in [0.2, 0.25) is 0 Å². The van der Waals surface area contributed by atoms with E-state index in [9.17, 15) is 0 Å². The van der Waals surface area contributed by atoms with Crippen LogP contribution in [0.3, 0.4) is 0 Å². The lowest BCUT2D eigenvalue weighted by Crippen LogP contribution is -2.31. The van der Waals surface area contributed by atoms with Gasteiger partial charge in [0.15, 0.2) is 5.75 Å². The average Bonchev–Trinajstić information content (AvgIpc) is 2.94. The van der Waals surface area contributed by atoms with Gasteiger partial charge < -0.3 is 9.30 Å². The summed E-state index contributed by atoms with van der Waals surface area (Å²) in [6.45, 7) is 5.16. The van der Waals surface area contributed by atoms with Crippen molar-refractivity contribution >= 4 is 34.8 Å². The van der Waals surface area contributed by atoms with E-state index < -0.39 is 0 Å². The molecule has 0 spiro atoms. The molecule has 0 bridgehead atoms. The number of benzene rings is 1. The first kappa shape index (κ1) is 17.4. The Labute approximate surface area is 145 Å². The number of ether oxygens (including phenoxy) is 1. The molecular formula is C15H18Cl3N3O. The van der Waals surface area contributed by atoms with Crippen LogP contribution in [0.1, 0.15) is 13.3 Å². The first-order valence-corrected chi connectivity index (χ1v) is 8.19. The Morgan fingerprint density at radius 1 is 1.18 bits per heavy atom. The summed E-state index contributed by atoms with van der Waals surface area (Å²) >= 11 is 18.1. The standard InChI is InChI=1S/C15H18Cl3N3O/c1-2-4-20(11-21-5-3-19-10-21)6-7-22-15-13(17)8-12(16)9-14(15)18/h3,5,8-10H,2,4,6-7,11H2,1H3. The van der Waals surface area contributed by atoms with Gasteiger partial charge in [-0.1, -0.05) is 41.7 Å². The summed E-state index contributed by atoms with van der Waals surface area (Å²) in [5.41, 5.74) is 0. The molecule has 2 rings (SSSR count). The molecule has 7 heteroatoms. The molecule has 0 unspecified atom stereocenters. The molecule has 2 aromatic rings. The minimum absolute atomic E-state index is 0.425. The lowest BCUT2D eigenvalue weighted by Gasteiger charge is -2.22. The Hall–Kier alpha value is -0.940. The highest BCUT2D eigenvalue weighted by Crippen LogP contribution is 2.35. The van der Waals surface area contributed by atoms with Gasteiger partial charge in [-0.2, -0.15) is 0 Å². The number of hydrogen-bond acceptors (Lipinski definition) is 3. The van der Waals surface area contributed by atoms with Gasteiger partial charge in [0.25, 0.3) is 0 Å². The second-order valence-electron chi connectivity index (χ2n) is 4.88. The van der Waals surface area contributed by atoms with Crippen LogP contribution in [0, 0.1) is 0 Å². The number of aromatic nitrogens is 2. The summed E-state index contributed by atoms with van der Waals surface area (Å²) in [6, 6.07) is 3.25. The number of hydrogen-bond donors (Lipinski definition) is 0. The highest BCUT2D eigenvalue weighted by atomic mass is 35.5. The van der Waals surface area contributed by atoms with Gasteiger partial charge >= 0.3 is 0 Å². The lowest BCUT2D eigenvalue weighted by molar-refractivity contribution is 0.174. The van der Waals surface area contributed by atoms with Crippen molar-refractivity contribution in [3.05, 3.63) is 45.9 Å². The topological polar surface area (TPSA) is 30.3 Å². The first-order valence-electron chi connectivity index (χ1n) is 7.05. The van der Waals surface area contributed by atoms with E-state index >= 15 is 0 Å². The molecule has 0 saturated carbocycles. The molecule has 0 amide bonds. The minimum Gasteiger partial charge on any atom is -0.489 e. The Bertz CT molecular complexity index is 567. The van der Waals surface area contributed by atoms with Crippen molar-refractivity contribution in [1.29, 1.82) is 0 Å². The van der Waals surface area contributed by atoms with Crippen LogP contribution in [0.5, 0.6) is 5.75 Å². The number of nitrogens with zero attached hydrogens (tertiary/aromatic N) is 3. The van der Waals surface area contributed by atoms with Crippen LogP contribution in [0.2, 0.25) is 15.1 Å². The van der Waals surface area contributed by atoms with Crippen molar-refractivity contribution < 1.29 is 4.74 Å². The Morgan fingerprint density at radius 3 is 2.50 bits per heavy atom. The highest BCUT2D eigenvalue weighted by molar-refractivity contribution is 6.40. The zero-order valence-corrected chi connectivity index (χ0v) is 14.6. The molecule has 0 aliphatic rings. The predicted octanol–water partition coefficient (Wildman–Crippen LogP) is 4.59. The largest absolute Gasteiger partial charge is 0.489 e. The maximum atomic E-state index is 6.11. The van der Waals surface area contributed by atoms with Crippen LogP contribution in [0.25, 0.3) is 0 Å². The molecule has 0 N–H and O–H groups in total. The molecule has 1 aromatic carbocycles. The first-order chi connectivity index (χ1) is 10.6. The quantitative estimate of drug-likeness (QED) is 0.688. The molecule has 0 radical (unpaired) electrons. The van der Waals surface area contributed by atoms with E-state index in [1.807, 2.05) is 10.8 Å². The molecule has 1 aromatic heterocycles. The van der Waals surface area contributed by atoms with Gasteiger partial charge in [-0.25, -0.2) is 4.98 Å². The average molecular weight is 363 g/mol. The molecule has 0 atom stereocenters. The second-order valence-corrected chi connectivity index (χ2v) is 6.13. The van der Waals surface area contributed by atoms with Gasteiger partial charge in [-0.05, 0) is 25.1 Å². The molecule has 0 saturated heterocycles. The van der Waals surface area contributed by atoms with Crippen molar-refractivity contribution in [2.75, 3.05) is 19.7 Å². The van der Waals surface area contributed by atoms with E-state index in [0.717, 1.165) is 26.2 Å². The van der Waals surface area contributed by atoms with Gasteiger partial charge in [-0.15, -0.1) is 0 Å². The second kappa shape index (κ2) is 8.63. The lowest BCUT2D eigenvalue weighted by atomic mass is 10.3. The number of imidazole rings is 1. The Kier molecular flexibility index (Phi) is 6.83. The zero-order valence-electron chi connectivity index (χ0n) is 12.3. The van der Waals surface area contributed by atoms with Gasteiger partial charge in [0, 0.05) is 24.0 Å². The van der Waals surface area contributed by atoms with Crippen molar-refractivity contribution in [2.24, 2.45) is 0 Å². The van der Waals surface area contributed by atoms with Crippen LogP contribution < -0.4 is 4.74 Å². The molecular weight excluding hydrogens is 345 g/mol. The third kappa shape index (κ3) is 5.06. The number of halogens is 3. The SMILES string of the molecule is CCCN(CCOc1c(Cl)cc(Cl)cc1Cl)Cn1ccnc1. The molecule has 4 nitrogen and oxygen atoms in total. The van der Waals surface area contributed by atoms with Crippen LogP contribution in [-0.4, -0.2) is 34.1 Å². The predicted molar refractivity (Wildman–Crippen MR) is 91.1 cm³/mol.